The van der Waals surface area contributed by atoms with Gasteiger partial charge in [-0.15, -0.1) is 0 Å². The summed E-state index contributed by atoms with van der Waals surface area (Å²) in [6.07, 6.45) is 1.07. The molecule has 0 aliphatic heterocycles. The molecule has 0 fully saturated rings. The lowest BCUT2D eigenvalue weighted by Gasteiger charge is -2.31. The molecular weight excluding hydrogens is 414 g/mol. The zero-order chi connectivity index (χ0) is 23.2. The van der Waals surface area contributed by atoms with Crippen LogP contribution in [0.15, 0.2) is 48.5 Å². The molecule has 0 saturated carbocycles. The Morgan fingerprint density at radius 3 is 2.23 bits per heavy atom. The van der Waals surface area contributed by atoms with Crippen LogP contribution in [-0.2, 0) is 26.2 Å². The number of amides is 2. The van der Waals surface area contributed by atoms with E-state index in [0.29, 0.717) is 12.2 Å². The number of sulfonamides is 1. The van der Waals surface area contributed by atoms with E-state index in [1.807, 2.05) is 44.2 Å². The van der Waals surface area contributed by atoms with E-state index in [1.165, 1.54) is 4.90 Å². The molecule has 0 unspecified atom stereocenters. The van der Waals surface area contributed by atoms with Crippen molar-refractivity contribution in [1.82, 2.24) is 10.2 Å². The van der Waals surface area contributed by atoms with Gasteiger partial charge in [0.25, 0.3) is 0 Å². The van der Waals surface area contributed by atoms with E-state index in [2.05, 4.69) is 5.32 Å². The molecule has 1 atom stereocenters. The number of anilines is 1. The second kappa shape index (κ2) is 10.4. The third-order valence-corrected chi connectivity index (χ3v) is 6.10. The fourth-order valence-electron chi connectivity index (χ4n) is 3.19. The number of likely N-dealkylation sites (N-methyl/N-ethyl adjacent to an activating group) is 1. The van der Waals surface area contributed by atoms with Crippen LogP contribution in [0.3, 0.4) is 0 Å². The Morgan fingerprint density at radius 2 is 1.68 bits per heavy atom. The van der Waals surface area contributed by atoms with Gasteiger partial charge in [0.05, 0.1) is 11.9 Å². The number of rotatable bonds is 9. The van der Waals surface area contributed by atoms with Gasteiger partial charge in [-0.2, -0.15) is 0 Å². The van der Waals surface area contributed by atoms with Gasteiger partial charge in [-0.05, 0) is 51.0 Å². The Labute approximate surface area is 185 Å². The number of nitrogens with one attached hydrogen (secondary N) is 1. The molecule has 7 nitrogen and oxygen atoms in total. The molecule has 2 amide bonds. The van der Waals surface area contributed by atoms with Crippen LogP contribution >= 0.6 is 0 Å². The second-order valence-corrected chi connectivity index (χ2v) is 9.59. The first-order valence-corrected chi connectivity index (χ1v) is 12.0. The number of carbonyl (C=O) groups excluding carboxylic acids is 2. The summed E-state index contributed by atoms with van der Waals surface area (Å²) in [5.74, 6) is -0.740. The highest BCUT2D eigenvalue weighted by atomic mass is 32.2. The highest BCUT2D eigenvalue weighted by molar-refractivity contribution is 7.92. The van der Waals surface area contributed by atoms with E-state index >= 15 is 0 Å². The summed E-state index contributed by atoms with van der Waals surface area (Å²) in [5, 5.41) is 2.73. The summed E-state index contributed by atoms with van der Waals surface area (Å²) in [6.45, 7) is 7.52. The van der Waals surface area contributed by atoms with Crippen LogP contribution in [0.5, 0.6) is 0 Å². The Hall–Kier alpha value is -2.87. The van der Waals surface area contributed by atoms with E-state index < -0.39 is 28.5 Å². The number of nitrogens with zero attached hydrogens (tertiary/aromatic N) is 2. The number of aryl methyl sites for hydroxylation is 2. The maximum Gasteiger partial charge on any atom is 0.244 e. The minimum atomic E-state index is -3.71. The quantitative estimate of drug-likeness (QED) is 0.643. The van der Waals surface area contributed by atoms with Crippen molar-refractivity contribution in [2.24, 2.45) is 0 Å². The smallest absolute Gasteiger partial charge is 0.244 e. The summed E-state index contributed by atoms with van der Waals surface area (Å²) >= 11 is 0. The largest absolute Gasteiger partial charge is 0.355 e. The molecule has 31 heavy (non-hydrogen) atoms. The lowest BCUT2D eigenvalue weighted by atomic mass is 10.1. The van der Waals surface area contributed by atoms with Crippen molar-refractivity contribution in [3.63, 3.8) is 0 Å². The third kappa shape index (κ3) is 6.82. The van der Waals surface area contributed by atoms with E-state index in [-0.39, 0.29) is 12.5 Å². The molecule has 0 aromatic heterocycles. The highest BCUT2D eigenvalue weighted by Crippen LogP contribution is 2.20. The van der Waals surface area contributed by atoms with Crippen LogP contribution in [0, 0.1) is 13.8 Å². The zero-order valence-corrected chi connectivity index (χ0v) is 19.6. The molecule has 2 rings (SSSR count). The predicted molar refractivity (Wildman–Crippen MR) is 123 cm³/mol. The molecule has 0 radical (unpaired) electrons. The van der Waals surface area contributed by atoms with E-state index in [0.717, 1.165) is 27.3 Å². The lowest BCUT2D eigenvalue weighted by molar-refractivity contribution is -0.139. The molecule has 2 aromatic rings. The van der Waals surface area contributed by atoms with Crippen LogP contribution in [0.1, 0.15) is 30.5 Å². The average molecular weight is 446 g/mol. The molecule has 1 N–H and O–H groups in total. The average Bonchev–Trinajstić information content (AvgIpc) is 2.70. The molecule has 0 saturated heterocycles. The maximum atomic E-state index is 13.3. The Morgan fingerprint density at radius 1 is 1.03 bits per heavy atom. The molecule has 0 heterocycles. The van der Waals surface area contributed by atoms with Crippen molar-refractivity contribution in [2.45, 2.75) is 40.3 Å². The number of hydrogen-bond donors (Lipinski definition) is 1. The van der Waals surface area contributed by atoms with E-state index in [4.69, 9.17) is 0 Å². The van der Waals surface area contributed by atoms with Crippen LogP contribution in [0.4, 0.5) is 5.69 Å². The van der Waals surface area contributed by atoms with Crippen LogP contribution in [0.25, 0.3) is 0 Å². The van der Waals surface area contributed by atoms with Crippen LogP contribution in [-0.4, -0.2) is 50.5 Å². The van der Waals surface area contributed by atoms with Crippen molar-refractivity contribution < 1.29 is 18.0 Å². The fraction of sp³-hybridized carbons (Fsp3) is 0.391. The van der Waals surface area contributed by atoms with Gasteiger partial charge in [-0.3, -0.25) is 13.9 Å². The van der Waals surface area contributed by atoms with Crippen LogP contribution < -0.4 is 9.62 Å². The summed E-state index contributed by atoms with van der Waals surface area (Å²) in [5.41, 5.74) is 3.24. The van der Waals surface area contributed by atoms with E-state index in [1.54, 1.807) is 32.0 Å². The Kier molecular flexibility index (Phi) is 8.21. The van der Waals surface area contributed by atoms with Crippen molar-refractivity contribution >= 4 is 27.5 Å². The number of hydrogen-bond acceptors (Lipinski definition) is 4. The van der Waals surface area contributed by atoms with Crippen molar-refractivity contribution in [3.05, 3.63) is 65.2 Å². The van der Waals surface area contributed by atoms with Gasteiger partial charge in [-0.25, -0.2) is 8.42 Å². The monoisotopic (exact) mass is 445 g/mol. The first-order chi connectivity index (χ1) is 14.5. The van der Waals surface area contributed by atoms with Crippen molar-refractivity contribution in [1.29, 1.82) is 0 Å². The second-order valence-electron chi connectivity index (χ2n) is 7.69. The summed E-state index contributed by atoms with van der Waals surface area (Å²) in [6, 6.07) is 13.9. The summed E-state index contributed by atoms with van der Waals surface area (Å²) in [7, 11) is -3.71. The van der Waals surface area contributed by atoms with Gasteiger partial charge in [0.2, 0.25) is 21.8 Å². The normalized spacial score (nSPS) is 12.2. The van der Waals surface area contributed by atoms with Gasteiger partial charge in [0.15, 0.2) is 0 Å². The molecule has 0 bridgehead atoms. The van der Waals surface area contributed by atoms with Gasteiger partial charge >= 0.3 is 0 Å². The van der Waals surface area contributed by atoms with Crippen molar-refractivity contribution in [3.8, 4) is 0 Å². The Balaban J connectivity index is 2.37. The van der Waals surface area contributed by atoms with Gasteiger partial charge in [0.1, 0.15) is 12.6 Å². The number of carbonyl (C=O) groups is 2. The topological polar surface area (TPSA) is 86.8 Å². The first-order valence-electron chi connectivity index (χ1n) is 10.2. The molecule has 0 aliphatic carbocycles. The molecule has 0 spiro atoms. The lowest BCUT2D eigenvalue weighted by Crippen LogP contribution is -2.51. The maximum absolute atomic E-state index is 13.3. The standard InChI is InChI=1S/C23H31N3O4S/c1-6-24-23(28)19(4)25(15-20-12-10-17(2)11-13-20)22(27)16-26(31(5,29)30)21-9-7-8-18(3)14-21/h7-14,19H,6,15-16H2,1-5H3,(H,24,28)/t19-/m1/s1. The van der Waals surface area contributed by atoms with Gasteiger partial charge in [-0.1, -0.05) is 42.0 Å². The fourth-order valence-corrected chi connectivity index (χ4v) is 4.03. The minimum Gasteiger partial charge on any atom is -0.355 e. The zero-order valence-electron chi connectivity index (χ0n) is 18.8. The molecule has 0 aliphatic rings. The SMILES string of the molecule is CCNC(=O)[C@@H](C)N(Cc1ccc(C)cc1)C(=O)CN(c1cccc(C)c1)S(C)(=O)=O. The van der Waals surface area contributed by atoms with Gasteiger partial charge < -0.3 is 10.2 Å². The molecule has 168 valence electrons. The summed E-state index contributed by atoms with van der Waals surface area (Å²) in [4.78, 5) is 27.2. The third-order valence-electron chi connectivity index (χ3n) is 4.96. The van der Waals surface area contributed by atoms with Crippen LogP contribution in [0.2, 0.25) is 0 Å². The van der Waals surface area contributed by atoms with E-state index in [9.17, 15) is 18.0 Å². The Bertz CT molecular complexity index is 1020. The van der Waals surface area contributed by atoms with Crippen molar-refractivity contribution in [2.75, 3.05) is 23.7 Å². The molecule has 8 heteroatoms. The summed E-state index contributed by atoms with van der Waals surface area (Å²) < 4.78 is 26.0. The molecule has 2 aromatic carbocycles. The predicted octanol–water partition coefficient (Wildman–Crippen LogP) is 2.62. The highest BCUT2D eigenvalue weighted by Gasteiger charge is 2.29. The minimum absolute atomic E-state index is 0.197. The number of benzene rings is 2. The first kappa shape index (κ1) is 24.4. The van der Waals surface area contributed by atoms with Gasteiger partial charge in [0, 0.05) is 13.1 Å². The molecular formula is C23H31N3O4S.